The fourth-order valence-corrected chi connectivity index (χ4v) is 3.63. The maximum absolute atomic E-state index is 13.8. The standard InChI is InChI=1S/C23H32FN5O.HI/c1-3-25-23(27-15-18-7-8-22(24)19(14-18)17-30-2)28-20-9-12-29(13-10-20)16-21-6-4-5-11-26-21;/h4-8,11,14,20H,3,9-10,12-13,15-17H2,1-2H3,(H2,25,27,28);1H. The number of methoxy groups -OCH3 is 1. The molecular weight excluding hydrogens is 508 g/mol. The van der Waals surface area contributed by atoms with E-state index in [4.69, 9.17) is 9.73 Å². The van der Waals surface area contributed by atoms with Crippen molar-refractivity contribution in [1.29, 1.82) is 0 Å². The van der Waals surface area contributed by atoms with Gasteiger partial charge in [0, 0.05) is 51.1 Å². The number of rotatable bonds is 8. The van der Waals surface area contributed by atoms with Gasteiger partial charge in [-0.25, -0.2) is 9.38 Å². The van der Waals surface area contributed by atoms with E-state index in [1.807, 2.05) is 24.4 Å². The van der Waals surface area contributed by atoms with Gasteiger partial charge in [-0.2, -0.15) is 0 Å². The molecule has 1 fully saturated rings. The number of hydrogen-bond donors (Lipinski definition) is 2. The summed E-state index contributed by atoms with van der Waals surface area (Å²) in [7, 11) is 1.57. The largest absolute Gasteiger partial charge is 0.380 e. The molecule has 2 aromatic rings. The Bertz CT molecular complexity index is 813. The molecule has 0 radical (unpaired) electrons. The first-order valence-corrected chi connectivity index (χ1v) is 10.6. The second-order valence-corrected chi connectivity index (χ2v) is 7.57. The fraction of sp³-hybridized carbons (Fsp3) is 0.478. The van der Waals surface area contributed by atoms with Crippen LogP contribution < -0.4 is 10.6 Å². The lowest BCUT2D eigenvalue weighted by molar-refractivity contribution is 0.181. The van der Waals surface area contributed by atoms with Crippen molar-refractivity contribution in [2.75, 3.05) is 26.7 Å². The minimum Gasteiger partial charge on any atom is -0.380 e. The third kappa shape index (κ3) is 8.34. The number of benzene rings is 1. The third-order valence-corrected chi connectivity index (χ3v) is 5.21. The molecule has 1 aliphatic heterocycles. The molecule has 170 valence electrons. The van der Waals surface area contributed by atoms with E-state index >= 15 is 0 Å². The lowest BCUT2D eigenvalue weighted by Crippen LogP contribution is -2.48. The van der Waals surface area contributed by atoms with Gasteiger partial charge in [0.2, 0.25) is 0 Å². The molecule has 1 aromatic carbocycles. The molecule has 0 aliphatic carbocycles. The number of piperidine rings is 1. The summed E-state index contributed by atoms with van der Waals surface area (Å²) in [6.45, 7) is 6.57. The van der Waals surface area contributed by atoms with Gasteiger partial charge in [-0.15, -0.1) is 24.0 Å². The van der Waals surface area contributed by atoms with Crippen LogP contribution in [0.4, 0.5) is 4.39 Å². The Morgan fingerprint density at radius 3 is 2.74 bits per heavy atom. The van der Waals surface area contributed by atoms with Crippen LogP contribution in [0.5, 0.6) is 0 Å². The van der Waals surface area contributed by atoms with E-state index in [-0.39, 0.29) is 36.4 Å². The molecule has 2 N–H and O–H groups in total. The Morgan fingerprint density at radius 2 is 2.06 bits per heavy atom. The van der Waals surface area contributed by atoms with Gasteiger partial charge in [-0.1, -0.05) is 12.1 Å². The first kappa shape index (κ1) is 25.5. The summed E-state index contributed by atoms with van der Waals surface area (Å²) in [5.41, 5.74) is 2.64. The number of hydrogen-bond acceptors (Lipinski definition) is 4. The number of pyridine rings is 1. The number of ether oxygens (including phenoxy) is 1. The van der Waals surface area contributed by atoms with Crippen LogP contribution in [0.3, 0.4) is 0 Å². The Hall–Kier alpha value is -1.78. The second kappa shape index (κ2) is 13.6. The van der Waals surface area contributed by atoms with Crippen molar-refractivity contribution in [2.45, 2.75) is 45.5 Å². The molecule has 1 aliphatic rings. The summed E-state index contributed by atoms with van der Waals surface area (Å²) in [4.78, 5) is 11.6. The molecule has 0 unspecified atom stereocenters. The predicted octanol–water partition coefficient (Wildman–Crippen LogP) is 3.70. The minimum atomic E-state index is -0.243. The fourth-order valence-electron chi connectivity index (χ4n) is 3.63. The van der Waals surface area contributed by atoms with E-state index < -0.39 is 0 Å². The lowest BCUT2D eigenvalue weighted by Gasteiger charge is -2.32. The van der Waals surface area contributed by atoms with E-state index in [1.165, 1.54) is 6.07 Å². The van der Waals surface area contributed by atoms with Crippen molar-refractivity contribution in [3.63, 3.8) is 0 Å². The highest BCUT2D eigenvalue weighted by atomic mass is 127. The van der Waals surface area contributed by atoms with E-state index in [1.54, 1.807) is 13.2 Å². The highest BCUT2D eigenvalue weighted by molar-refractivity contribution is 14.0. The van der Waals surface area contributed by atoms with E-state index in [0.29, 0.717) is 18.2 Å². The van der Waals surface area contributed by atoms with Gasteiger partial charge in [0.15, 0.2) is 5.96 Å². The van der Waals surface area contributed by atoms with Gasteiger partial charge >= 0.3 is 0 Å². The molecule has 8 heteroatoms. The molecule has 1 saturated heterocycles. The number of aliphatic imine (C=N–C) groups is 1. The summed E-state index contributed by atoms with van der Waals surface area (Å²) >= 11 is 0. The van der Waals surface area contributed by atoms with Gasteiger partial charge in [0.25, 0.3) is 0 Å². The molecule has 0 atom stereocenters. The van der Waals surface area contributed by atoms with Crippen LogP contribution >= 0.6 is 24.0 Å². The topological polar surface area (TPSA) is 61.8 Å². The van der Waals surface area contributed by atoms with Gasteiger partial charge in [0.1, 0.15) is 5.82 Å². The molecule has 1 aromatic heterocycles. The van der Waals surface area contributed by atoms with Crippen LogP contribution in [0.15, 0.2) is 47.6 Å². The Kier molecular flexibility index (Phi) is 11.2. The van der Waals surface area contributed by atoms with Crippen LogP contribution in [0.25, 0.3) is 0 Å². The van der Waals surface area contributed by atoms with Gasteiger partial charge in [-0.3, -0.25) is 9.88 Å². The molecule has 3 rings (SSSR count). The first-order chi connectivity index (χ1) is 14.7. The summed E-state index contributed by atoms with van der Waals surface area (Å²) in [6.07, 6.45) is 3.97. The molecular formula is C23H33FIN5O. The Labute approximate surface area is 201 Å². The van der Waals surface area contributed by atoms with Crippen LogP contribution in [0, 0.1) is 5.82 Å². The van der Waals surface area contributed by atoms with Crippen LogP contribution in [-0.4, -0.2) is 48.6 Å². The van der Waals surface area contributed by atoms with Crippen molar-refractivity contribution in [1.82, 2.24) is 20.5 Å². The van der Waals surface area contributed by atoms with Crippen molar-refractivity contribution in [3.05, 3.63) is 65.2 Å². The summed E-state index contributed by atoms with van der Waals surface area (Å²) in [5.74, 6) is 0.561. The summed E-state index contributed by atoms with van der Waals surface area (Å²) in [6, 6.07) is 11.5. The molecule has 0 amide bonds. The Balaban J connectivity index is 0.00000341. The number of guanidine groups is 1. The molecule has 6 nitrogen and oxygen atoms in total. The average Bonchev–Trinajstić information content (AvgIpc) is 2.76. The van der Waals surface area contributed by atoms with Crippen molar-refractivity contribution in [3.8, 4) is 0 Å². The molecule has 0 saturated carbocycles. The van der Waals surface area contributed by atoms with Crippen molar-refractivity contribution >= 4 is 29.9 Å². The van der Waals surface area contributed by atoms with E-state index in [0.717, 1.165) is 56.2 Å². The zero-order valence-electron chi connectivity index (χ0n) is 18.3. The second-order valence-electron chi connectivity index (χ2n) is 7.57. The van der Waals surface area contributed by atoms with Crippen molar-refractivity contribution < 1.29 is 9.13 Å². The Morgan fingerprint density at radius 1 is 1.26 bits per heavy atom. The molecule has 0 spiro atoms. The summed E-state index contributed by atoms with van der Waals surface area (Å²) in [5, 5.41) is 6.88. The normalized spacial score (nSPS) is 15.4. The van der Waals surface area contributed by atoms with Gasteiger partial charge < -0.3 is 15.4 Å². The quantitative estimate of drug-likeness (QED) is 0.303. The van der Waals surface area contributed by atoms with Crippen LogP contribution in [0.2, 0.25) is 0 Å². The molecule has 31 heavy (non-hydrogen) atoms. The van der Waals surface area contributed by atoms with Gasteiger partial charge in [0.05, 0.1) is 18.8 Å². The average molecular weight is 541 g/mol. The minimum absolute atomic E-state index is 0. The molecule has 0 bridgehead atoms. The zero-order valence-corrected chi connectivity index (χ0v) is 20.6. The zero-order chi connectivity index (χ0) is 21.2. The third-order valence-electron chi connectivity index (χ3n) is 5.21. The highest BCUT2D eigenvalue weighted by Gasteiger charge is 2.20. The van der Waals surface area contributed by atoms with E-state index in [9.17, 15) is 4.39 Å². The molecule has 2 heterocycles. The maximum Gasteiger partial charge on any atom is 0.191 e. The first-order valence-electron chi connectivity index (χ1n) is 10.6. The SMILES string of the molecule is CCNC(=NCc1ccc(F)c(COC)c1)NC1CCN(Cc2ccccn2)CC1.I. The number of nitrogens with zero attached hydrogens (tertiary/aromatic N) is 3. The maximum atomic E-state index is 13.8. The monoisotopic (exact) mass is 541 g/mol. The van der Waals surface area contributed by atoms with Crippen LogP contribution in [-0.2, 0) is 24.4 Å². The number of halogens is 2. The summed E-state index contributed by atoms with van der Waals surface area (Å²) < 4.78 is 18.9. The number of aromatic nitrogens is 1. The van der Waals surface area contributed by atoms with Gasteiger partial charge in [-0.05, 0) is 49.6 Å². The number of likely N-dealkylation sites (tertiary alicyclic amines) is 1. The predicted molar refractivity (Wildman–Crippen MR) is 133 cm³/mol. The number of nitrogens with one attached hydrogen (secondary N) is 2. The highest BCUT2D eigenvalue weighted by Crippen LogP contribution is 2.14. The van der Waals surface area contributed by atoms with Crippen LogP contribution in [0.1, 0.15) is 36.6 Å². The smallest absolute Gasteiger partial charge is 0.191 e. The van der Waals surface area contributed by atoms with Crippen molar-refractivity contribution in [2.24, 2.45) is 4.99 Å². The lowest BCUT2D eigenvalue weighted by atomic mass is 10.0. The van der Waals surface area contributed by atoms with E-state index in [2.05, 4.69) is 33.5 Å².